The molecule has 0 aliphatic carbocycles. The maximum absolute atomic E-state index is 13.6. The first-order valence-corrected chi connectivity index (χ1v) is 47.8. The lowest BCUT2D eigenvalue weighted by Crippen LogP contribution is -2.40. The molecule has 0 unspecified atom stereocenters. The average molecular weight is 1890 g/mol. The van der Waals surface area contributed by atoms with Crippen molar-refractivity contribution in [1.29, 1.82) is 0 Å². The molecular formula is C96H116N12O20S4. The van der Waals surface area contributed by atoms with Crippen LogP contribution in [0.25, 0.3) is 0 Å². The van der Waals surface area contributed by atoms with Crippen molar-refractivity contribution in [1.82, 2.24) is 57.1 Å². The molecule has 12 rings (SSSR count). The van der Waals surface area contributed by atoms with Gasteiger partial charge in [0, 0.05) is 102 Å². The van der Waals surface area contributed by atoms with Gasteiger partial charge in [-0.2, -0.15) is 17.2 Å². The van der Waals surface area contributed by atoms with Crippen LogP contribution in [0.5, 0.6) is 46.0 Å². The predicted octanol–water partition coefficient (Wildman–Crippen LogP) is 13.0. The van der Waals surface area contributed by atoms with Crippen LogP contribution in [0.4, 0.5) is 0 Å². The molecule has 4 heterocycles. The van der Waals surface area contributed by atoms with Gasteiger partial charge in [0.05, 0.1) is 56.9 Å². The van der Waals surface area contributed by atoms with Crippen LogP contribution in [0.1, 0.15) is 142 Å². The summed E-state index contributed by atoms with van der Waals surface area (Å²) in [4.78, 5) is 32.9. The summed E-state index contributed by atoms with van der Waals surface area (Å²) in [5.41, 5.74) is 9.63. The molecule has 8 aromatic carbocycles. The van der Waals surface area contributed by atoms with Crippen molar-refractivity contribution in [3.05, 3.63) is 334 Å². The highest BCUT2D eigenvalue weighted by Gasteiger charge is 2.41. The molecule has 36 heteroatoms. The largest absolute Gasteiger partial charge is 0.497 e. The first-order chi connectivity index (χ1) is 63.0. The minimum absolute atomic E-state index is 0.0746. The van der Waals surface area contributed by atoms with Crippen LogP contribution in [0, 0.1) is 27.7 Å². The van der Waals surface area contributed by atoms with Crippen LogP contribution in [0.3, 0.4) is 0 Å². The lowest BCUT2D eigenvalue weighted by molar-refractivity contribution is 0.162. The van der Waals surface area contributed by atoms with Gasteiger partial charge in [-0.15, -0.1) is 0 Å². The Hall–Kier alpha value is -12.0. The van der Waals surface area contributed by atoms with Gasteiger partial charge < -0.3 is 58.3 Å². The SMILES string of the molecule is COc1ccc(CN(Cc2ccc(OC)cc2)S(=O)(=O)[C@@H](C)[C@@H](O)c2ncc(C)cn2)cc1.COc1ccc(CN(Cc2ccc(OC)cc2)S(=O)(=O)[C@@H](C)[C@H](O)c2ncc(C)cn2)cc1.COc1ccc(CN(Cc2ccc(OC)cc2)S(=O)(=O)[C@H](C)[C@@H](O)c2ncc(C)cn2)cc1.COc1ccc(CN(Cc2ccc(OC)cc2)S(=O)(=O)[C@H](C)[C@H](O)c2ncc(C)cn2)cc1. The Morgan fingerprint density at radius 2 is 0.326 bits per heavy atom. The number of sulfonamides is 4. The summed E-state index contributed by atoms with van der Waals surface area (Å²) in [7, 11) is -3.18. The third kappa shape index (κ3) is 29.0. The number of hydrogen-bond acceptors (Lipinski definition) is 28. The molecule has 0 spiro atoms. The summed E-state index contributed by atoms with van der Waals surface area (Å²) in [5.74, 6) is 5.77. The Morgan fingerprint density at radius 3 is 0.424 bits per heavy atom. The second kappa shape index (κ2) is 48.9. The molecule has 12 aromatic rings. The number of nitrogens with zero attached hydrogens (tertiary/aromatic N) is 12. The average Bonchev–Trinajstić information content (AvgIpc) is 0.807. The first-order valence-electron chi connectivity index (χ1n) is 41.8. The number of ether oxygens (including phenoxy) is 8. The number of benzene rings is 8. The van der Waals surface area contributed by atoms with Crippen molar-refractivity contribution in [3.8, 4) is 46.0 Å². The summed E-state index contributed by atoms with van der Waals surface area (Å²) in [6.07, 6.45) is 6.94. The lowest BCUT2D eigenvalue weighted by Gasteiger charge is -2.28. The van der Waals surface area contributed by atoms with Gasteiger partial charge in [0.2, 0.25) is 40.1 Å². The van der Waals surface area contributed by atoms with E-state index in [4.69, 9.17) is 37.9 Å². The third-order valence-corrected chi connectivity index (χ3v) is 30.2. The smallest absolute Gasteiger partial charge is 0.220 e. The van der Waals surface area contributed by atoms with E-state index >= 15 is 0 Å². The Balaban J connectivity index is 0.000000198. The summed E-state index contributed by atoms with van der Waals surface area (Å²) in [6.45, 7) is 14.2. The number of hydrogen-bond donors (Lipinski definition) is 4. The van der Waals surface area contributed by atoms with Crippen LogP contribution in [0.15, 0.2) is 244 Å². The zero-order chi connectivity index (χ0) is 96.0. The van der Waals surface area contributed by atoms with Crippen LogP contribution >= 0.6 is 0 Å². The van der Waals surface area contributed by atoms with Gasteiger partial charge in [-0.25, -0.2) is 73.5 Å². The summed E-state index contributed by atoms with van der Waals surface area (Å²) >= 11 is 0. The summed E-state index contributed by atoms with van der Waals surface area (Å²) < 4.78 is 156. The van der Waals surface area contributed by atoms with Crippen LogP contribution < -0.4 is 37.9 Å². The van der Waals surface area contributed by atoms with Crippen LogP contribution in [-0.4, -0.2) is 189 Å². The monoisotopic (exact) mass is 1880 g/mol. The maximum Gasteiger partial charge on any atom is 0.220 e. The minimum atomic E-state index is -3.95. The molecule has 704 valence electrons. The highest BCUT2D eigenvalue weighted by molar-refractivity contribution is 7.90. The Labute approximate surface area is 774 Å². The molecule has 4 N–H and O–H groups in total. The molecular weight excluding hydrogens is 1770 g/mol. The highest BCUT2D eigenvalue weighted by Crippen LogP contribution is 2.33. The molecule has 132 heavy (non-hydrogen) atoms. The predicted molar refractivity (Wildman–Crippen MR) is 501 cm³/mol. The molecule has 0 aliphatic heterocycles. The van der Waals surface area contributed by atoms with Crippen LogP contribution in [-0.2, 0) is 92.5 Å². The molecule has 0 radical (unpaired) electrons. The normalized spacial score (nSPS) is 13.5. The van der Waals surface area contributed by atoms with E-state index in [9.17, 15) is 54.1 Å². The summed E-state index contributed by atoms with van der Waals surface area (Å²) in [6, 6.07) is 57.6. The van der Waals surface area contributed by atoms with E-state index in [0.717, 1.165) is 66.8 Å². The second-order valence-corrected chi connectivity index (χ2v) is 40.3. The molecule has 0 amide bonds. The number of methoxy groups -OCH3 is 8. The molecule has 0 aliphatic rings. The Kier molecular flexibility index (Phi) is 38.4. The van der Waals surface area contributed by atoms with E-state index < -0.39 is 85.5 Å². The fourth-order valence-corrected chi connectivity index (χ4v) is 19.4. The van der Waals surface area contributed by atoms with Crippen LogP contribution in [0.2, 0.25) is 0 Å². The number of aromatic nitrogens is 8. The number of aliphatic hydroxyl groups is 4. The van der Waals surface area contributed by atoms with Gasteiger partial charge in [-0.1, -0.05) is 97.1 Å². The van der Waals surface area contributed by atoms with E-state index in [1.807, 2.05) is 125 Å². The van der Waals surface area contributed by atoms with Gasteiger partial charge in [0.1, 0.15) is 91.4 Å². The van der Waals surface area contributed by atoms with Gasteiger partial charge in [-0.3, -0.25) is 0 Å². The second-order valence-electron chi connectivity index (χ2n) is 31.1. The number of aliphatic hydroxyl groups excluding tert-OH is 4. The highest BCUT2D eigenvalue weighted by atomic mass is 32.2. The van der Waals surface area contributed by atoms with E-state index in [1.54, 1.807) is 204 Å². The van der Waals surface area contributed by atoms with Crippen molar-refractivity contribution in [3.63, 3.8) is 0 Å². The first kappa shape index (κ1) is 104. The van der Waals surface area contributed by atoms with Crippen molar-refractivity contribution in [2.75, 3.05) is 56.9 Å². The number of aryl methyl sites for hydroxylation is 4. The van der Waals surface area contributed by atoms with E-state index in [1.165, 1.54) is 44.9 Å². The van der Waals surface area contributed by atoms with Gasteiger partial charge >= 0.3 is 0 Å². The van der Waals surface area contributed by atoms with E-state index in [2.05, 4.69) is 39.9 Å². The van der Waals surface area contributed by atoms with Crippen molar-refractivity contribution in [2.45, 2.75) is 153 Å². The van der Waals surface area contributed by atoms with E-state index in [-0.39, 0.29) is 75.7 Å². The Morgan fingerprint density at radius 1 is 0.220 bits per heavy atom. The zero-order valence-corrected chi connectivity index (χ0v) is 80.0. The molecule has 0 saturated carbocycles. The standard InChI is InChI=1S/4C24H29N3O5S/c4*1-17-13-25-24(26-14-17)23(28)18(2)33(29,30)27(15-19-5-9-21(31-3)10-6-19)16-20-7-11-22(32-4)12-8-20/h4*5-14,18,23,28H,15-16H2,1-4H3/t2*18-,23+;2*18-,23-/m1010/s1. The third-order valence-electron chi connectivity index (χ3n) is 21.5. The number of rotatable bonds is 40. The molecule has 4 aromatic heterocycles. The van der Waals surface area contributed by atoms with Crippen molar-refractivity contribution in [2.24, 2.45) is 0 Å². The lowest BCUT2D eigenvalue weighted by atomic mass is 10.2. The van der Waals surface area contributed by atoms with Crippen molar-refractivity contribution < 1.29 is 92.0 Å². The minimum Gasteiger partial charge on any atom is -0.497 e. The van der Waals surface area contributed by atoms with Gasteiger partial charge in [0.15, 0.2) is 23.3 Å². The van der Waals surface area contributed by atoms with Crippen molar-refractivity contribution >= 4 is 40.1 Å². The quantitative estimate of drug-likeness (QED) is 0.0277. The topological polar surface area (TPSA) is 407 Å². The Bertz CT molecular complexity index is 5080. The molecule has 32 nitrogen and oxygen atoms in total. The van der Waals surface area contributed by atoms with E-state index in [0.29, 0.717) is 46.0 Å². The van der Waals surface area contributed by atoms with Gasteiger partial charge in [-0.05, 0) is 219 Å². The maximum atomic E-state index is 13.6. The molecule has 0 fully saturated rings. The fraction of sp³-hybridized carbons (Fsp3) is 0.333. The molecule has 0 bridgehead atoms. The fourth-order valence-electron chi connectivity index (χ4n) is 13.1. The van der Waals surface area contributed by atoms with Gasteiger partial charge in [0.25, 0.3) is 0 Å². The molecule has 8 atom stereocenters. The summed E-state index contributed by atoms with van der Waals surface area (Å²) in [5, 5.41) is 38.5. The molecule has 0 saturated heterocycles. The zero-order valence-electron chi connectivity index (χ0n) is 76.7.